The number of thiophene rings is 1. The molecule has 1 aromatic heterocycles. The van der Waals surface area contributed by atoms with E-state index in [1.165, 1.54) is 0 Å². The highest BCUT2D eigenvalue weighted by atomic mass is 32.2. The van der Waals surface area contributed by atoms with Gasteiger partial charge in [0.15, 0.2) is 0 Å². The normalized spacial score (nSPS) is 15.9. The van der Waals surface area contributed by atoms with Gasteiger partial charge in [0, 0.05) is 6.54 Å². The molecule has 1 rings (SSSR count). The van der Waals surface area contributed by atoms with Crippen LogP contribution >= 0.6 is 11.3 Å². The van der Waals surface area contributed by atoms with Crippen LogP contribution < -0.4 is 4.72 Å². The molecule has 1 heterocycles. The van der Waals surface area contributed by atoms with Gasteiger partial charge in [0.05, 0.1) is 6.10 Å². The molecule has 0 aromatic carbocycles. The van der Waals surface area contributed by atoms with Crippen molar-refractivity contribution in [3.05, 3.63) is 17.5 Å². The summed E-state index contributed by atoms with van der Waals surface area (Å²) in [5.74, 6) is 0.0889. The number of rotatable bonds is 6. The van der Waals surface area contributed by atoms with E-state index in [9.17, 15) is 13.5 Å². The minimum absolute atomic E-state index is 0.0647. The van der Waals surface area contributed by atoms with Crippen LogP contribution in [0, 0.1) is 5.92 Å². The molecule has 2 N–H and O–H groups in total. The van der Waals surface area contributed by atoms with E-state index < -0.39 is 16.1 Å². The van der Waals surface area contributed by atoms with Crippen LogP contribution in [0.25, 0.3) is 0 Å². The van der Waals surface area contributed by atoms with Crippen LogP contribution in [0.3, 0.4) is 0 Å². The van der Waals surface area contributed by atoms with Gasteiger partial charge in [0.2, 0.25) is 10.0 Å². The van der Waals surface area contributed by atoms with Gasteiger partial charge in [-0.25, -0.2) is 13.1 Å². The second-order valence-corrected chi connectivity index (χ2v) is 6.68. The minimum Gasteiger partial charge on any atom is -0.391 e. The lowest BCUT2D eigenvalue weighted by Crippen LogP contribution is -2.35. The second kappa shape index (κ2) is 5.77. The van der Waals surface area contributed by atoms with Gasteiger partial charge in [0.25, 0.3) is 0 Å². The SMILES string of the molecule is CCC(C)C(O)CNS(=O)(=O)c1cccs1. The second-order valence-electron chi connectivity index (χ2n) is 3.74. The predicted molar refractivity (Wildman–Crippen MR) is 65.0 cm³/mol. The van der Waals surface area contributed by atoms with Crippen molar-refractivity contribution >= 4 is 21.4 Å². The number of aliphatic hydroxyl groups is 1. The van der Waals surface area contributed by atoms with Crippen LogP contribution in [-0.4, -0.2) is 26.2 Å². The Morgan fingerprint density at radius 3 is 2.75 bits per heavy atom. The average molecular weight is 263 g/mol. The van der Waals surface area contributed by atoms with Crippen LogP contribution in [0.5, 0.6) is 0 Å². The number of aliphatic hydroxyl groups excluding tert-OH is 1. The molecule has 16 heavy (non-hydrogen) atoms. The molecule has 0 radical (unpaired) electrons. The molecule has 0 aliphatic heterocycles. The van der Waals surface area contributed by atoms with Gasteiger partial charge in [-0.2, -0.15) is 0 Å². The summed E-state index contributed by atoms with van der Waals surface area (Å²) in [6, 6.07) is 3.23. The molecule has 0 fully saturated rings. The standard InChI is InChI=1S/C10H17NO3S2/c1-3-8(2)9(12)7-11-16(13,14)10-5-4-6-15-10/h4-6,8-9,11-12H,3,7H2,1-2H3. The van der Waals surface area contributed by atoms with Crippen molar-refractivity contribution in [1.82, 2.24) is 4.72 Å². The quantitative estimate of drug-likeness (QED) is 0.816. The number of hydrogen-bond donors (Lipinski definition) is 2. The summed E-state index contributed by atoms with van der Waals surface area (Å²) in [6.45, 7) is 3.92. The summed E-state index contributed by atoms with van der Waals surface area (Å²) in [6.07, 6.45) is 0.182. The maximum absolute atomic E-state index is 11.7. The van der Waals surface area contributed by atoms with Gasteiger partial charge < -0.3 is 5.11 Å². The molecule has 0 aliphatic rings. The Bertz CT molecular complexity index is 400. The van der Waals surface area contributed by atoms with Gasteiger partial charge >= 0.3 is 0 Å². The van der Waals surface area contributed by atoms with Crippen molar-refractivity contribution in [2.45, 2.75) is 30.6 Å². The molecular formula is C10H17NO3S2. The summed E-state index contributed by atoms with van der Waals surface area (Å²) in [4.78, 5) is 0. The van der Waals surface area contributed by atoms with Crippen LogP contribution in [0.2, 0.25) is 0 Å². The van der Waals surface area contributed by atoms with Crippen molar-refractivity contribution in [1.29, 1.82) is 0 Å². The first-order valence-corrected chi connectivity index (χ1v) is 7.55. The fourth-order valence-electron chi connectivity index (χ4n) is 1.16. The van der Waals surface area contributed by atoms with Crippen molar-refractivity contribution in [3.63, 3.8) is 0 Å². The maximum Gasteiger partial charge on any atom is 0.250 e. The lowest BCUT2D eigenvalue weighted by Gasteiger charge is -2.17. The smallest absolute Gasteiger partial charge is 0.250 e. The molecule has 4 nitrogen and oxygen atoms in total. The Hall–Kier alpha value is -0.430. The van der Waals surface area contributed by atoms with Gasteiger partial charge in [-0.05, 0) is 17.4 Å². The van der Waals surface area contributed by atoms with Crippen LogP contribution in [0.15, 0.2) is 21.7 Å². The molecule has 6 heteroatoms. The first-order chi connectivity index (χ1) is 7.47. The number of nitrogens with one attached hydrogen (secondary N) is 1. The summed E-state index contributed by atoms with van der Waals surface area (Å²) in [5.41, 5.74) is 0. The first kappa shape index (κ1) is 13.6. The van der Waals surface area contributed by atoms with Crippen molar-refractivity contribution < 1.29 is 13.5 Å². The highest BCUT2D eigenvalue weighted by molar-refractivity contribution is 7.91. The zero-order valence-corrected chi connectivity index (χ0v) is 11.0. The van der Waals surface area contributed by atoms with E-state index in [1.807, 2.05) is 13.8 Å². The molecule has 0 spiro atoms. The summed E-state index contributed by atoms with van der Waals surface area (Å²) in [5, 5.41) is 11.4. The molecule has 2 atom stereocenters. The number of sulfonamides is 1. The Kier molecular flexibility index (Phi) is 4.91. The fraction of sp³-hybridized carbons (Fsp3) is 0.600. The molecule has 92 valence electrons. The van der Waals surface area contributed by atoms with E-state index in [4.69, 9.17) is 0 Å². The molecule has 1 aromatic rings. The van der Waals surface area contributed by atoms with Crippen LogP contribution in [-0.2, 0) is 10.0 Å². The maximum atomic E-state index is 11.7. The molecular weight excluding hydrogens is 246 g/mol. The summed E-state index contributed by atoms with van der Waals surface area (Å²) >= 11 is 1.16. The topological polar surface area (TPSA) is 66.4 Å². The van der Waals surface area contributed by atoms with Crippen LogP contribution in [0.4, 0.5) is 0 Å². The zero-order valence-electron chi connectivity index (χ0n) is 9.38. The van der Waals surface area contributed by atoms with Gasteiger partial charge in [0.1, 0.15) is 4.21 Å². The predicted octanol–water partition coefficient (Wildman–Crippen LogP) is 1.43. The Balaban J connectivity index is 2.56. The highest BCUT2D eigenvalue weighted by Crippen LogP contribution is 2.15. The molecule has 0 saturated carbocycles. The van der Waals surface area contributed by atoms with E-state index in [0.29, 0.717) is 0 Å². The van der Waals surface area contributed by atoms with E-state index in [0.717, 1.165) is 17.8 Å². The zero-order chi connectivity index (χ0) is 12.2. The van der Waals surface area contributed by atoms with Crippen molar-refractivity contribution in [3.8, 4) is 0 Å². The fourth-order valence-corrected chi connectivity index (χ4v) is 3.24. The first-order valence-electron chi connectivity index (χ1n) is 5.18. The lowest BCUT2D eigenvalue weighted by atomic mass is 10.0. The Morgan fingerprint density at radius 1 is 1.56 bits per heavy atom. The highest BCUT2D eigenvalue weighted by Gasteiger charge is 2.18. The molecule has 2 unspecified atom stereocenters. The van der Waals surface area contributed by atoms with Gasteiger partial charge in [-0.15, -0.1) is 11.3 Å². The monoisotopic (exact) mass is 263 g/mol. The third kappa shape index (κ3) is 3.55. The summed E-state index contributed by atoms with van der Waals surface area (Å²) < 4.78 is 26.1. The Labute approximate surface area is 100 Å². The molecule has 0 amide bonds. The van der Waals surface area contributed by atoms with Crippen molar-refractivity contribution in [2.75, 3.05) is 6.54 Å². The minimum atomic E-state index is -3.45. The third-order valence-corrected chi connectivity index (χ3v) is 5.36. The van der Waals surface area contributed by atoms with E-state index in [2.05, 4.69) is 4.72 Å². The van der Waals surface area contributed by atoms with Gasteiger partial charge in [-0.1, -0.05) is 26.3 Å². The molecule has 0 saturated heterocycles. The van der Waals surface area contributed by atoms with Crippen LogP contribution in [0.1, 0.15) is 20.3 Å². The molecule has 0 aliphatic carbocycles. The average Bonchev–Trinajstić information content (AvgIpc) is 2.78. The number of hydrogen-bond acceptors (Lipinski definition) is 4. The van der Waals surface area contributed by atoms with Gasteiger partial charge in [-0.3, -0.25) is 0 Å². The van der Waals surface area contributed by atoms with E-state index >= 15 is 0 Å². The Morgan fingerprint density at radius 2 is 2.25 bits per heavy atom. The van der Waals surface area contributed by atoms with Crippen molar-refractivity contribution in [2.24, 2.45) is 5.92 Å². The third-order valence-electron chi connectivity index (χ3n) is 2.54. The van der Waals surface area contributed by atoms with E-state index in [-0.39, 0.29) is 16.7 Å². The van der Waals surface area contributed by atoms with E-state index in [1.54, 1.807) is 17.5 Å². The summed E-state index contributed by atoms with van der Waals surface area (Å²) in [7, 11) is -3.45. The lowest BCUT2D eigenvalue weighted by molar-refractivity contribution is 0.118. The molecule has 0 bridgehead atoms. The largest absolute Gasteiger partial charge is 0.391 e.